The first-order chi connectivity index (χ1) is 8.58. The van der Waals surface area contributed by atoms with Crippen molar-refractivity contribution in [2.24, 2.45) is 0 Å². The van der Waals surface area contributed by atoms with E-state index in [1.54, 1.807) is 0 Å². The molecule has 0 saturated carbocycles. The average molecular weight is 264 g/mol. The Morgan fingerprint density at radius 1 is 1.50 bits per heavy atom. The fourth-order valence-corrected chi connectivity index (χ4v) is 1.72. The minimum absolute atomic E-state index is 0.178. The number of anilines is 1. The Kier molecular flexibility index (Phi) is 3.42. The standard InChI is InChI=1S/C11H12N4O2S/c1-6-12-8-4-3-7(5-9(8)13-6)14-10(18)15-11(16)17-2/h3-5H,1-2H3,(H,12,13)(H2,14,15,16,18). The molecule has 0 atom stereocenters. The van der Waals surface area contributed by atoms with E-state index in [1.807, 2.05) is 25.1 Å². The highest BCUT2D eigenvalue weighted by molar-refractivity contribution is 7.80. The van der Waals surface area contributed by atoms with Gasteiger partial charge in [-0.25, -0.2) is 9.78 Å². The van der Waals surface area contributed by atoms with Crippen LogP contribution in [0.25, 0.3) is 11.0 Å². The number of aromatic amines is 1. The number of carbonyl (C=O) groups is 1. The number of nitrogens with one attached hydrogen (secondary N) is 3. The number of fused-ring (bicyclic) bond motifs is 1. The number of carbonyl (C=O) groups excluding carboxylic acids is 1. The number of H-pyrrole nitrogens is 1. The maximum atomic E-state index is 11.0. The zero-order valence-electron chi connectivity index (χ0n) is 9.90. The summed E-state index contributed by atoms with van der Waals surface area (Å²) in [5.41, 5.74) is 2.54. The van der Waals surface area contributed by atoms with Gasteiger partial charge in [-0.05, 0) is 37.3 Å². The molecule has 0 unspecified atom stereocenters. The van der Waals surface area contributed by atoms with Crippen LogP contribution in [0.5, 0.6) is 0 Å². The molecule has 0 aliphatic carbocycles. The molecule has 0 saturated heterocycles. The summed E-state index contributed by atoms with van der Waals surface area (Å²) in [6.45, 7) is 1.89. The highest BCUT2D eigenvalue weighted by atomic mass is 32.1. The van der Waals surface area contributed by atoms with Gasteiger partial charge in [-0.1, -0.05) is 0 Å². The van der Waals surface area contributed by atoms with Crippen LogP contribution >= 0.6 is 12.2 Å². The number of rotatable bonds is 1. The lowest BCUT2D eigenvalue weighted by molar-refractivity contribution is 0.177. The summed E-state index contributed by atoms with van der Waals surface area (Å²) >= 11 is 4.96. The van der Waals surface area contributed by atoms with Gasteiger partial charge in [0.15, 0.2) is 5.11 Å². The fraction of sp³-hybridized carbons (Fsp3) is 0.182. The lowest BCUT2D eigenvalue weighted by atomic mass is 10.3. The predicted octanol–water partition coefficient (Wildman–Crippen LogP) is 1.92. The molecule has 1 amide bonds. The average Bonchev–Trinajstić information content (AvgIpc) is 2.68. The molecular formula is C11H12N4O2S. The van der Waals surface area contributed by atoms with E-state index in [0.29, 0.717) is 0 Å². The molecule has 0 radical (unpaired) electrons. The van der Waals surface area contributed by atoms with Crippen LogP contribution in [0.4, 0.5) is 10.5 Å². The maximum Gasteiger partial charge on any atom is 0.413 e. The molecule has 7 heteroatoms. The van der Waals surface area contributed by atoms with Crippen LogP contribution in [-0.4, -0.2) is 28.3 Å². The van der Waals surface area contributed by atoms with Crippen molar-refractivity contribution in [2.75, 3.05) is 12.4 Å². The number of benzene rings is 1. The number of alkyl carbamates (subject to hydrolysis) is 1. The van der Waals surface area contributed by atoms with Crippen molar-refractivity contribution in [1.82, 2.24) is 15.3 Å². The van der Waals surface area contributed by atoms with Gasteiger partial charge in [-0.3, -0.25) is 5.32 Å². The van der Waals surface area contributed by atoms with E-state index in [4.69, 9.17) is 12.2 Å². The molecule has 0 aliphatic heterocycles. The van der Waals surface area contributed by atoms with E-state index < -0.39 is 6.09 Å². The zero-order valence-corrected chi connectivity index (χ0v) is 10.7. The molecule has 1 aromatic carbocycles. The van der Waals surface area contributed by atoms with Gasteiger partial charge in [-0.15, -0.1) is 0 Å². The number of methoxy groups -OCH3 is 1. The second-order valence-corrected chi connectivity index (χ2v) is 4.03. The molecule has 0 aliphatic rings. The number of thiocarbonyl (C=S) groups is 1. The maximum absolute atomic E-state index is 11.0. The molecule has 1 heterocycles. The molecule has 0 bridgehead atoms. The van der Waals surface area contributed by atoms with Crippen molar-refractivity contribution in [3.8, 4) is 0 Å². The Balaban J connectivity index is 2.11. The van der Waals surface area contributed by atoms with Gasteiger partial charge in [0.2, 0.25) is 0 Å². The van der Waals surface area contributed by atoms with Crippen molar-refractivity contribution < 1.29 is 9.53 Å². The zero-order chi connectivity index (χ0) is 13.1. The number of hydrogen-bond acceptors (Lipinski definition) is 4. The van der Waals surface area contributed by atoms with Gasteiger partial charge in [0, 0.05) is 5.69 Å². The lowest BCUT2D eigenvalue weighted by Gasteiger charge is -2.08. The van der Waals surface area contributed by atoms with Gasteiger partial charge >= 0.3 is 6.09 Å². The summed E-state index contributed by atoms with van der Waals surface area (Å²) in [5, 5.41) is 5.42. The monoisotopic (exact) mass is 264 g/mol. The first-order valence-corrected chi connectivity index (χ1v) is 5.61. The summed E-state index contributed by atoms with van der Waals surface area (Å²) in [6, 6.07) is 5.55. The minimum Gasteiger partial charge on any atom is -0.453 e. The Hall–Kier alpha value is -2.15. The molecule has 6 nitrogen and oxygen atoms in total. The molecule has 94 valence electrons. The minimum atomic E-state index is -0.606. The van der Waals surface area contributed by atoms with Gasteiger partial charge in [0.1, 0.15) is 5.82 Å². The summed E-state index contributed by atoms with van der Waals surface area (Å²) in [6.07, 6.45) is -0.606. The summed E-state index contributed by atoms with van der Waals surface area (Å²) in [4.78, 5) is 18.4. The van der Waals surface area contributed by atoms with Gasteiger partial charge in [-0.2, -0.15) is 0 Å². The van der Waals surface area contributed by atoms with E-state index in [0.717, 1.165) is 22.5 Å². The summed E-state index contributed by atoms with van der Waals surface area (Å²) < 4.78 is 4.44. The topological polar surface area (TPSA) is 79.0 Å². The molecular weight excluding hydrogens is 252 g/mol. The van der Waals surface area contributed by atoms with Crippen LogP contribution in [0.15, 0.2) is 18.2 Å². The molecule has 1 aromatic heterocycles. The van der Waals surface area contributed by atoms with Gasteiger partial charge < -0.3 is 15.0 Å². The highest BCUT2D eigenvalue weighted by Crippen LogP contribution is 2.16. The Morgan fingerprint density at radius 2 is 2.28 bits per heavy atom. The van der Waals surface area contributed by atoms with Crippen molar-refractivity contribution in [3.63, 3.8) is 0 Å². The van der Waals surface area contributed by atoms with E-state index in [1.165, 1.54) is 7.11 Å². The second kappa shape index (κ2) is 5.01. The van der Waals surface area contributed by atoms with Crippen LogP contribution in [0.1, 0.15) is 5.82 Å². The number of ether oxygens (including phenoxy) is 1. The number of imidazole rings is 1. The number of aromatic nitrogens is 2. The Labute approximate surface area is 109 Å². The SMILES string of the molecule is COC(=O)NC(=S)Nc1ccc2nc(C)[nH]c2c1. The van der Waals surface area contributed by atoms with Crippen LogP contribution < -0.4 is 10.6 Å². The molecule has 0 fully saturated rings. The third-order valence-corrected chi connectivity index (χ3v) is 2.46. The predicted molar refractivity (Wildman–Crippen MR) is 72.6 cm³/mol. The van der Waals surface area contributed by atoms with Gasteiger partial charge in [0.25, 0.3) is 0 Å². The molecule has 2 aromatic rings. The van der Waals surface area contributed by atoms with Crippen LogP contribution in [0.2, 0.25) is 0 Å². The third-order valence-electron chi connectivity index (χ3n) is 2.26. The molecule has 18 heavy (non-hydrogen) atoms. The fourth-order valence-electron chi connectivity index (χ4n) is 1.52. The molecule has 0 spiro atoms. The van der Waals surface area contributed by atoms with E-state index in [-0.39, 0.29) is 5.11 Å². The van der Waals surface area contributed by atoms with Crippen molar-refractivity contribution in [1.29, 1.82) is 0 Å². The first-order valence-electron chi connectivity index (χ1n) is 5.21. The van der Waals surface area contributed by atoms with Gasteiger partial charge in [0.05, 0.1) is 18.1 Å². The van der Waals surface area contributed by atoms with E-state index >= 15 is 0 Å². The largest absolute Gasteiger partial charge is 0.453 e. The van der Waals surface area contributed by atoms with Crippen molar-refractivity contribution in [2.45, 2.75) is 6.92 Å². The second-order valence-electron chi connectivity index (χ2n) is 3.62. The Morgan fingerprint density at radius 3 is 3.00 bits per heavy atom. The number of amides is 1. The van der Waals surface area contributed by atoms with Crippen molar-refractivity contribution >= 4 is 40.1 Å². The van der Waals surface area contributed by atoms with Crippen LogP contribution in [-0.2, 0) is 4.74 Å². The van der Waals surface area contributed by atoms with Crippen LogP contribution in [0, 0.1) is 6.92 Å². The molecule has 3 N–H and O–H groups in total. The highest BCUT2D eigenvalue weighted by Gasteiger charge is 2.05. The Bertz CT molecular complexity index is 608. The van der Waals surface area contributed by atoms with E-state index in [9.17, 15) is 4.79 Å². The third kappa shape index (κ3) is 2.75. The lowest BCUT2D eigenvalue weighted by Crippen LogP contribution is -2.33. The quantitative estimate of drug-likeness (QED) is 0.686. The summed E-state index contributed by atoms with van der Waals surface area (Å²) in [7, 11) is 1.28. The van der Waals surface area contributed by atoms with E-state index in [2.05, 4.69) is 25.3 Å². The number of aryl methyl sites for hydroxylation is 1. The smallest absolute Gasteiger partial charge is 0.413 e. The first kappa shape index (κ1) is 12.3. The molecule has 2 rings (SSSR count). The summed E-state index contributed by atoms with van der Waals surface area (Å²) in [5.74, 6) is 0.845. The van der Waals surface area contributed by atoms with Crippen molar-refractivity contribution in [3.05, 3.63) is 24.0 Å². The number of hydrogen-bond donors (Lipinski definition) is 3. The normalized spacial score (nSPS) is 10.1. The number of nitrogens with zero attached hydrogens (tertiary/aromatic N) is 1. The van der Waals surface area contributed by atoms with Crippen LogP contribution in [0.3, 0.4) is 0 Å².